The summed E-state index contributed by atoms with van der Waals surface area (Å²) in [4.78, 5) is 11.4. The topological polar surface area (TPSA) is 38.3 Å². The van der Waals surface area contributed by atoms with Gasteiger partial charge in [0.15, 0.2) is 0 Å². The van der Waals surface area contributed by atoms with E-state index in [1.807, 2.05) is 12.1 Å². The zero-order valence-electron chi connectivity index (χ0n) is 9.94. The smallest absolute Gasteiger partial charge is 0.337 e. The Hall–Kier alpha value is -1.06. The average molecular weight is 256 g/mol. The number of ether oxygens (including phenoxy) is 1. The number of carbonyl (C=O) groups is 1. The van der Waals surface area contributed by atoms with Crippen LogP contribution in [0.5, 0.6) is 0 Å². The second kappa shape index (κ2) is 6.62. The predicted octanol–water partition coefficient (Wildman–Crippen LogP) is 2.71. The third-order valence-electron chi connectivity index (χ3n) is 3.02. The normalized spacial score (nSPS) is 19.2. The van der Waals surface area contributed by atoms with E-state index < -0.39 is 0 Å². The second-order valence-electron chi connectivity index (χ2n) is 4.12. The molecule has 3 nitrogen and oxygen atoms in total. The standard InChI is InChI=1S/C13H17NO2.ClH/c1-16-13(15)11-6-4-5-10(9-11)12-7-2-3-8-14-12;/h4-6,9,12,14H,2-3,7-8H2,1H3;1H/t12-;/m0./s1. The highest BCUT2D eigenvalue weighted by Gasteiger charge is 2.15. The maximum Gasteiger partial charge on any atom is 0.337 e. The van der Waals surface area contributed by atoms with Gasteiger partial charge in [-0.1, -0.05) is 18.6 Å². The number of esters is 1. The van der Waals surface area contributed by atoms with Crippen LogP contribution in [0.25, 0.3) is 0 Å². The van der Waals surface area contributed by atoms with E-state index in [4.69, 9.17) is 4.74 Å². The van der Waals surface area contributed by atoms with Gasteiger partial charge in [0.05, 0.1) is 12.7 Å². The summed E-state index contributed by atoms with van der Waals surface area (Å²) in [6.45, 7) is 1.06. The molecule has 0 aliphatic carbocycles. The maximum absolute atomic E-state index is 11.4. The van der Waals surface area contributed by atoms with Crippen LogP contribution in [-0.2, 0) is 4.74 Å². The van der Waals surface area contributed by atoms with Crippen LogP contribution in [0.4, 0.5) is 0 Å². The first-order valence-corrected chi connectivity index (χ1v) is 5.73. The number of hydrogen-bond acceptors (Lipinski definition) is 3. The fourth-order valence-electron chi connectivity index (χ4n) is 2.14. The summed E-state index contributed by atoms with van der Waals surface area (Å²) in [7, 11) is 1.41. The molecule has 1 atom stereocenters. The van der Waals surface area contributed by atoms with Crippen molar-refractivity contribution in [3.63, 3.8) is 0 Å². The molecule has 17 heavy (non-hydrogen) atoms. The molecule has 1 aromatic carbocycles. The van der Waals surface area contributed by atoms with Gasteiger partial charge in [-0.25, -0.2) is 4.79 Å². The number of carbonyl (C=O) groups excluding carboxylic acids is 1. The Bertz CT molecular complexity index is 375. The fraction of sp³-hybridized carbons (Fsp3) is 0.462. The third-order valence-corrected chi connectivity index (χ3v) is 3.02. The van der Waals surface area contributed by atoms with Gasteiger partial charge >= 0.3 is 5.97 Å². The van der Waals surface area contributed by atoms with Crippen LogP contribution < -0.4 is 5.32 Å². The van der Waals surface area contributed by atoms with Gasteiger partial charge in [-0.2, -0.15) is 0 Å². The van der Waals surface area contributed by atoms with Crippen LogP contribution in [-0.4, -0.2) is 19.6 Å². The van der Waals surface area contributed by atoms with Crippen molar-refractivity contribution in [3.05, 3.63) is 35.4 Å². The van der Waals surface area contributed by atoms with Crippen molar-refractivity contribution in [3.8, 4) is 0 Å². The van der Waals surface area contributed by atoms with Crippen molar-refractivity contribution in [1.29, 1.82) is 0 Å². The lowest BCUT2D eigenvalue weighted by Crippen LogP contribution is -2.26. The molecular weight excluding hydrogens is 238 g/mol. The summed E-state index contributed by atoms with van der Waals surface area (Å²) < 4.78 is 4.72. The number of methoxy groups -OCH3 is 1. The molecule has 1 heterocycles. The van der Waals surface area contributed by atoms with Gasteiger partial charge in [0.25, 0.3) is 0 Å². The second-order valence-corrected chi connectivity index (χ2v) is 4.12. The quantitative estimate of drug-likeness (QED) is 0.826. The van der Waals surface area contributed by atoms with Gasteiger partial charge in [-0.3, -0.25) is 0 Å². The predicted molar refractivity (Wildman–Crippen MR) is 69.6 cm³/mol. The summed E-state index contributed by atoms with van der Waals surface area (Å²) in [6.07, 6.45) is 3.64. The van der Waals surface area contributed by atoms with E-state index in [-0.39, 0.29) is 18.4 Å². The maximum atomic E-state index is 11.4. The molecule has 0 aromatic heterocycles. The van der Waals surface area contributed by atoms with Crippen molar-refractivity contribution < 1.29 is 9.53 Å². The van der Waals surface area contributed by atoms with E-state index in [1.165, 1.54) is 25.5 Å². The monoisotopic (exact) mass is 255 g/mol. The van der Waals surface area contributed by atoms with E-state index in [9.17, 15) is 4.79 Å². The van der Waals surface area contributed by atoms with Gasteiger partial charge < -0.3 is 10.1 Å². The zero-order valence-corrected chi connectivity index (χ0v) is 10.8. The number of nitrogens with one attached hydrogen (secondary N) is 1. The van der Waals surface area contributed by atoms with Gasteiger partial charge in [-0.05, 0) is 37.1 Å². The molecule has 4 heteroatoms. The van der Waals surface area contributed by atoms with Gasteiger partial charge in [0.1, 0.15) is 0 Å². The number of benzene rings is 1. The van der Waals surface area contributed by atoms with E-state index in [2.05, 4.69) is 11.4 Å². The molecule has 1 fully saturated rings. The van der Waals surface area contributed by atoms with Crippen molar-refractivity contribution in [2.45, 2.75) is 25.3 Å². The van der Waals surface area contributed by atoms with Crippen molar-refractivity contribution in [2.24, 2.45) is 0 Å². The molecule has 1 saturated heterocycles. The fourth-order valence-corrected chi connectivity index (χ4v) is 2.14. The van der Waals surface area contributed by atoms with Crippen LogP contribution in [0.2, 0.25) is 0 Å². The Morgan fingerprint density at radius 3 is 2.88 bits per heavy atom. The Balaban J connectivity index is 0.00000144. The van der Waals surface area contributed by atoms with Gasteiger partial charge in [-0.15, -0.1) is 12.4 Å². The minimum Gasteiger partial charge on any atom is -0.465 e. The molecule has 0 spiro atoms. The highest BCUT2D eigenvalue weighted by atomic mass is 35.5. The SMILES string of the molecule is COC(=O)c1cccc([C@@H]2CCCCN2)c1.Cl. The first-order chi connectivity index (χ1) is 7.81. The van der Waals surface area contributed by atoms with Crippen molar-refractivity contribution in [2.75, 3.05) is 13.7 Å². The minimum atomic E-state index is -0.266. The molecule has 2 rings (SSSR count). The van der Waals surface area contributed by atoms with E-state index in [0.717, 1.165) is 13.0 Å². The highest BCUT2D eigenvalue weighted by Crippen LogP contribution is 2.23. The van der Waals surface area contributed by atoms with Gasteiger partial charge in [0.2, 0.25) is 0 Å². The molecule has 0 unspecified atom stereocenters. The number of halogens is 1. The average Bonchev–Trinajstić information content (AvgIpc) is 2.39. The van der Waals surface area contributed by atoms with E-state index >= 15 is 0 Å². The van der Waals surface area contributed by atoms with Gasteiger partial charge in [0, 0.05) is 6.04 Å². The minimum absolute atomic E-state index is 0. The summed E-state index contributed by atoms with van der Waals surface area (Å²) in [5, 5.41) is 3.47. The lowest BCUT2D eigenvalue weighted by atomic mass is 9.96. The number of hydrogen-bond donors (Lipinski definition) is 1. The summed E-state index contributed by atoms with van der Waals surface area (Å²) in [6, 6.07) is 8.08. The Labute approximate surface area is 108 Å². The van der Waals surface area contributed by atoms with Crippen LogP contribution in [0.1, 0.15) is 41.2 Å². The lowest BCUT2D eigenvalue weighted by molar-refractivity contribution is 0.0600. The molecule has 1 aromatic rings. The zero-order chi connectivity index (χ0) is 11.4. The Kier molecular flexibility index (Phi) is 5.45. The molecule has 94 valence electrons. The summed E-state index contributed by atoms with van der Waals surface area (Å²) in [5.41, 5.74) is 1.81. The van der Waals surface area contributed by atoms with Crippen LogP contribution in [0.3, 0.4) is 0 Å². The summed E-state index contributed by atoms with van der Waals surface area (Å²) in [5.74, 6) is -0.266. The Morgan fingerprint density at radius 1 is 1.41 bits per heavy atom. The first-order valence-electron chi connectivity index (χ1n) is 5.73. The third kappa shape index (κ3) is 3.45. The van der Waals surface area contributed by atoms with Crippen molar-refractivity contribution >= 4 is 18.4 Å². The van der Waals surface area contributed by atoms with Crippen LogP contribution in [0, 0.1) is 0 Å². The molecule has 1 N–H and O–H groups in total. The number of piperidine rings is 1. The van der Waals surface area contributed by atoms with Crippen LogP contribution in [0.15, 0.2) is 24.3 Å². The first kappa shape index (κ1) is 14.0. The Morgan fingerprint density at radius 2 is 2.24 bits per heavy atom. The molecule has 0 amide bonds. The molecule has 1 aliphatic heterocycles. The number of rotatable bonds is 2. The molecule has 1 aliphatic rings. The van der Waals surface area contributed by atoms with Crippen molar-refractivity contribution in [1.82, 2.24) is 5.32 Å². The summed E-state index contributed by atoms with van der Waals surface area (Å²) >= 11 is 0. The van der Waals surface area contributed by atoms with E-state index in [1.54, 1.807) is 6.07 Å². The highest BCUT2D eigenvalue weighted by molar-refractivity contribution is 5.89. The molecule has 0 saturated carbocycles. The van der Waals surface area contributed by atoms with E-state index in [0.29, 0.717) is 11.6 Å². The molecule has 0 radical (unpaired) electrons. The largest absolute Gasteiger partial charge is 0.465 e. The lowest BCUT2D eigenvalue weighted by Gasteiger charge is -2.24. The van der Waals surface area contributed by atoms with Crippen LogP contribution >= 0.6 is 12.4 Å². The molecule has 0 bridgehead atoms. The molecular formula is C13H18ClNO2.